The van der Waals surface area contributed by atoms with E-state index >= 15 is 0 Å². The summed E-state index contributed by atoms with van der Waals surface area (Å²) >= 11 is 1.67. The number of aryl methyl sites for hydroxylation is 1. The van der Waals surface area contributed by atoms with Gasteiger partial charge in [0, 0.05) is 32.3 Å². The van der Waals surface area contributed by atoms with Gasteiger partial charge in [-0.1, -0.05) is 18.2 Å². The summed E-state index contributed by atoms with van der Waals surface area (Å²) in [6.45, 7) is 2.85. The first-order chi connectivity index (χ1) is 20.2. The van der Waals surface area contributed by atoms with Gasteiger partial charge in [0.15, 0.2) is 5.65 Å². The van der Waals surface area contributed by atoms with E-state index in [-0.39, 0.29) is 11.6 Å². The maximum Gasteiger partial charge on any atom is 0.343 e. The van der Waals surface area contributed by atoms with Crippen LogP contribution in [0.5, 0.6) is 5.75 Å². The average Bonchev–Trinajstić information content (AvgIpc) is 3.58. The SMILES string of the molecule is CC(c1oc(=O)c2ccccc2c1-c1ccc(CCCN(C)C)s1)n1nc(-c2cc(O)cc(F)c2)c2c(N)ncnc21. The molecule has 11 heteroatoms. The van der Waals surface area contributed by atoms with Crippen LogP contribution in [0.15, 0.2) is 70.1 Å². The number of benzene rings is 2. The third-order valence-corrected chi connectivity index (χ3v) is 8.38. The molecule has 0 amide bonds. The van der Waals surface area contributed by atoms with Crippen molar-refractivity contribution in [1.82, 2.24) is 24.6 Å². The molecule has 0 aliphatic carbocycles. The summed E-state index contributed by atoms with van der Waals surface area (Å²) < 4.78 is 21.9. The molecule has 1 atom stereocenters. The third kappa shape index (κ3) is 5.01. The lowest BCUT2D eigenvalue weighted by atomic mass is 10.0. The summed E-state index contributed by atoms with van der Waals surface area (Å²) in [6.07, 6.45) is 3.29. The van der Waals surface area contributed by atoms with E-state index in [1.165, 1.54) is 23.3 Å². The Morgan fingerprint density at radius 3 is 2.67 bits per heavy atom. The number of nitrogens with zero attached hydrogens (tertiary/aromatic N) is 5. The highest BCUT2D eigenvalue weighted by molar-refractivity contribution is 7.15. The molecule has 0 fully saturated rings. The molecular weight excluding hydrogens is 555 g/mol. The Morgan fingerprint density at radius 1 is 1.12 bits per heavy atom. The second kappa shape index (κ2) is 11.0. The topological polar surface area (TPSA) is 123 Å². The number of thiophene rings is 1. The number of hydrogen-bond acceptors (Lipinski definition) is 9. The maximum absolute atomic E-state index is 14.3. The zero-order valence-corrected chi connectivity index (χ0v) is 24.2. The first-order valence-electron chi connectivity index (χ1n) is 13.5. The van der Waals surface area contributed by atoms with Crippen molar-refractivity contribution in [3.63, 3.8) is 0 Å². The number of aromatic nitrogens is 4. The van der Waals surface area contributed by atoms with E-state index in [1.54, 1.807) is 22.1 Å². The highest BCUT2D eigenvalue weighted by Crippen LogP contribution is 2.41. The Morgan fingerprint density at radius 2 is 1.90 bits per heavy atom. The standard InChI is InChI=1S/C31H29FN6O3S/c1-17(38-30-26(29(33)34-16-35-30)27(36-38)18-13-19(32)15-20(39)14-18)28-25(22-8-4-5-9-23(22)31(40)41-28)24-11-10-21(42-24)7-6-12-37(2)3/h4-5,8-11,13-17,39H,6-7,12H2,1-3H3,(H2,33,34,35). The smallest absolute Gasteiger partial charge is 0.343 e. The Hall–Kier alpha value is -4.61. The molecule has 0 radical (unpaired) electrons. The number of anilines is 1. The fraction of sp³-hybridized carbons (Fsp3) is 0.226. The van der Waals surface area contributed by atoms with Crippen LogP contribution in [0.1, 0.15) is 30.0 Å². The van der Waals surface area contributed by atoms with Gasteiger partial charge in [0.1, 0.15) is 41.2 Å². The summed E-state index contributed by atoms with van der Waals surface area (Å²) in [6, 6.07) is 14.6. The molecular formula is C31H29FN6O3S. The number of halogens is 1. The van der Waals surface area contributed by atoms with Gasteiger partial charge in [-0.15, -0.1) is 11.3 Å². The third-order valence-electron chi connectivity index (χ3n) is 7.22. The molecule has 3 N–H and O–H groups in total. The second-order valence-electron chi connectivity index (χ2n) is 10.5. The van der Waals surface area contributed by atoms with Crippen molar-refractivity contribution in [3.8, 4) is 27.4 Å². The number of phenols is 1. The number of phenolic OH excluding ortho intramolecular Hbond substituents is 1. The molecule has 0 aliphatic rings. The molecule has 6 aromatic rings. The van der Waals surface area contributed by atoms with Crippen LogP contribution in [-0.2, 0) is 6.42 Å². The Balaban J connectivity index is 1.54. The fourth-order valence-electron chi connectivity index (χ4n) is 5.27. The minimum absolute atomic E-state index is 0.151. The van der Waals surface area contributed by atoms with Crippen molar-refractivity contribution in [2.24, 2.45) is 0 Å². The number of rotatable bonds is 8. The van der Waals surface area contributed by atoms with E-state index in [0.29, 0.717) is 33.4 Å². The predicted molar refractivity (Wildman–Crippen MR) is 163 cm³/mol. The van der Waals surface area contributed by atoms with E-state index in [1.807, 2.05) is 25.1 Å². The lowest BCUT2D eigenvalue weighted by Crippen LogP contribution is -2.14. The van der Waals surface area contributed by atoms with Crippen LogP contribution in [0.2, 0.25) is 0 Å². The van der Waals surface area contributed by atoms with E-state index in [0.717, 1.165) is 41.3 Å². The van der Waals surface area contributed by atoms with Crippen LogP contribution in [0.4, 0.5) is 10.2 Å². The molecule has 1 unspecified atom stereocenters. The first-order valence-corrected chi connectivity index (χ1v) is 14.3. The van der Waals surface area contributed by atoms with E-state index in [2.05, 4.69) is 41.1 Å². The molecule has 0 saturated carbocycles. The van der Waals surface area contributed by atoms with Crippen LogP contribution >= 0.6 is 11.3 Å². The zero-order chi connectivity index (χ0) is 29.5. The average molecular weight is 585 g/mol. The highest BCUT2D eigenvalue weighted by Gasteiger charge is 2.27. The molecule has 9 nitrogen and oxygen atoms in total. The number of nitrogens with two attached hydrogens (primary N) is 1. The molecule has 0 bridgehead atoms. The van der Waals surface area contributed by atoms with Gasteiger partial charge in [0.2, 0.25) is 0 Å². The summed E-state index contributed by atoms with van der Waals surface area (Å²) in [5, 5.41) is 16.5. The van der Waals surface area contributed by atoms with Crippen molar-refractivity contribution in [2.75, 3.05) is 26.4 Å². The lowest BCUT2D eigenvalue weighted by Gasteiger charge is -2.17. The molecule has 0 saturated heterocycles. The molecule has 0 spiro atoms. The van der Waals surface area contributed by atoms with Gasteiger partial charge >= 0.3 is 5.63 Å². The summed E-state index contributed by atoms with van der Waals surface area (Å²) in [5.41, 5.74) is 7.60. The maximum atomic E-state index is 14.3. The van der Waals surface area contributed by atoms with Crippen molar-refractivity contribution in [1.29, 1.82) is 0 Å². The van der Waals surface area contributed by atoms with Gasteiger partial charge in [0.25, 0.3) is 0 Å². The predicted octanol–water partition coefficient (Wildman–Crippen LogP) is 5.86. The monoisotopic (exact) mass is 584 g/mol. The van der Waals surface area contributed by atoms with Crippen LogP contribution in [0.25, 0.3) is 43.5 Å². The molecule has 0 aliphatic heterocycles. The number of hydrogen-bond donors (Lipinski definition) is 2. The van der Waals surface area contributed by atoms with Crippen molar-refractivity contribution < 1.29 is 13.9 Å². The van der Waals surface area contributed by atoms with Gasteiger partial charge in [-0.2, -0.15) is 5.10 Å². The van der Waals surface area contributed by atoms with Gasteiger partial charge in [-0.25, -0.2) is 23.8 Å². The second-order valence-corrected chi connectivity index (χ2v) is 11.6. The Kier molecular flexibility index (Phi) is 7.21. The summed E-state index contributed by atoms with van der Waals surface area (Å²) in [7, 11) is 4.12. The minimum Gasteiger partial charge on any atom is -0.508 e. The van der Waals surface area contributed by atoms with Crippen LogP contribution in [-0.4, -0.2) is 50.4 Å². The van der Waals surface area contributed by atoms with Crippen LogP contribution in [0, 0.1) is 5.82 Å². The fourth-order valence-corrected chi connectivity index (χ4v) is 6.39. The van der Waals surface area contributed by atoms with Crippen LogP contribution in [0.3, 0.4) is 0 Å². The molecule has 214 valence electrons. The van der Waals surface area contributed by atoms with Gasteiger partial charge in [-0.3, -0.25) is 0 Å². The normalized spacial score (nSPS) is 12.5. The molecule has 4 aromatic heterocycles. The van der Waals surface area contributed by atoms with E-state index in [9.17, 15) is 14.3 Å². The molecule has 42 heavy (non-hydrogen) atoms. The van der Waals surface area contributed by atoms with E-state index in [4.69, 9.17) is 15.2 Å². The Labute approximate surface area is 244 Å². The van der Waals surface area contributed by atoms with Crippen LogP contribution < -0.4 is 11.4 Å². The van der Waals surface area contributed by atoms with E-state index < -0.39 is 17.5 Å². The van der Waals surface area contributed by atoms with Crippen molar-refractivity contribution in [3.05, 3.63) is 87.8 Å². The van der Waals surface area contributed by atoms with Gasteiger partial charge in [-0.05, 0) is 70.7 Å². The van der Waals surface area contributed by atoms with Crippen molar-refractivity contribution in [2.45, 2.75) is 25.8 Å². The summed E-state index contributed by atoms with van der Waals surface area (Å²) in [4.78, 5) is 26.2. The first kappa shape index (κ1) is 27.6. The quantitative estimate of drug-likeness (QED) is 0.228. The Bertz CT molecular complexity index is 1980. The lowest BCUT2D eigenvalue weighted by molar-refractivity contribution is 0.401. The van der Waals surface area contributed by atoms with Gasteiger partial charge in [0.05, 0.1) is 10.8 Å². The molecule has 4 heterocycles. The zero-order valence-electron chi connectivity index (χ0n) is 23.3. The number of nitrogen functional groups attached to an aromatic ring is 1. The largest absolute Gasteiger partial charge is 0.508 e. The number of fused-ring (bicyclic) bond motifs is 2. The molecule has 2 aromatic carbocycles. The highest BCUT2D eigenvalue weighted by atomic mass is 32.1. The van der Waals surface area contributed by atoms with Crippen molar-refractivity contribution >= 4 is 39.0 Å². The molecule has 6 rings (SSSR count). The minimum atomic E-state index is -0.627. The van der Waals surface area contributed by atoms with Gasteiger partial charge < -0.3 is 20.2 Å². The number of aromatic hydroxyl groups is 1. The summed E-state index contributed by atoms with van der Waals surface area (Å²) in [5.74, 6) is -0.315.